The first kappa shape index (κ1) is 12.7. The van der Waals surface area contributed by atoms with Crippen LogP contribution in [0.2, 0.25) is 0 Å². The Morgan fingerprint density at radius 1 is 1.22 bits per heavy atom. The Balaban J connectivity index is 2.30. The van der Waals surface area contributed by atoms with Crippen molar-refractivity contribution in [3.8, 4) is 0 Å². The van der Waals surface area contributed by atoms with Gasteiger partial charge in [-0.05, 0) is 44.4 Å². The first-order valence-corrected chi connectivity index (χ1v) is 6.49. The molecule has 96 valence electrons. The zero-order valence-corrected chi connectivity index (χ0v) is 11.6. The van der Waals surface area contributed by atoms with E-state index in [0.717, 1.165) is 30.3 Å². The first-order chi connectivity index (χ1) is 8.61. The Morgan fingerprint density at radius 2 is 2.00 bits per heavy atom. The average molecular weight is 243 g/mol. The topological polar surface area (TPSA) is 29.9 Å². The molecule has 1 N–H and O–H groups in total. The minimum atomic E-state index is 0.933. The predicted molar refractivity (Wildman–Crippen MR) is 76.5 cm³/mol. The number of nitrogens with zero attached hydrogens (tertiary/aromatic N) is 2. The van der Waals surface area contributed by atoms with Crippen LogP contribution >= 0.6 is 0 Å². The highest BCUT2D eigenvalue weighted by molar-refractivity contribution is 5.60. The number of aromatic nitrogens is 2. The van der Waals surface area contributed by atoms with E-state index in [2.05, 4.69) is 60.0 Å². The Labute approximate surface area is 109 Å². The number of aryl methyl sites for hydroxylation is 3. The summed E-state index contributed by atoms with van der Waals surface area (Å²) in [5.74, 6) is 0.933. The zero-order chi connectivity index (χ0) is 13.1. The minimum Gasteiger partial charge on any atom is -0.325 e. The molecule has 1 aromatic heterocycles. The maximum Gasteiger partial charge on any atom is 0.207 e. The van der Waals surface area contributed by atoms with Gasteiger partial charge < -0.3 is 9.88 Å². The molecule has 0 fully saturated rings. The van der Waals surface area contributed by atoms with E-state index in [9.17, 15) is 0 Å². The molecule has 0 bridgehead atoms. The molecule has 3 nitrogen and oxygen atoms in total. The molecular formula is C15H21N3. The minimum absolute atomic E-state index is 0.933. The largest absolute Gasteiger partial charge is 0.325 e. The molecule has 2 aromatic rings. The second kappa shape index (κ2) is 5.25. The van der Waals surface area contributed by atoms with Crippen LogP contribution in [0.1, 0.15) is 30.2 Å². The predicted octanol–water partition coefficient (Wildman–Crippen LogP) is 3.96. The van der Waals surface area contributed by atoms with Crippen LogP contribution in [0.3, 0.4) is 0 Å². The van der Waals surface area contributed by atoms with Crippen molar-refractivity contribution in [2.24, 2.45) is 0 Å². The molecular weight excluding hydrogens is 222 g/mol. The third-order valence-electron chi connectivity index (χ3n) is 3.21. The fourth-order valence-electron chi connectivity index (χ4n) is 2.06. The van der Waals surface area contributed by atoms with Crippen molar-refractivity contribution in [2.75, 3.05) is 5.32 Å². The van der Waals surface area contributed by atoms with E-state index in [4.69, 9.17) is 0 Å². The Hall–Kier alpha value is -1.77. The molecule has 0 saturated heterocycles. The van der Waals surface area contributed by atoms with E-state index in [1.54, 1.807) is 0 Å². The van der Waals surface area contributed by atoms with Crippen molar-refractivity contribution in [1.82, 2.24) is 9.55 Å². The van der Waals surface area contributed by atoms with Crippen molar-refractivity contribution < 1.29 is 0 Å². The lowest BCUT2D eigenvalue weighted by Gasteiger charge is -2.12. The van der Waals surface area contributed by atoms with Crippen molar-refractivity contribution in [3.05, 3.63) is 41.2 Å². The molecule has 0 aliphatic rings. The summed E-state index contributed by atoms with van der Waals surface area (Å²) >= 11 is 0. The van der Waals surface area contributed by atoms with E-state index in [1.807, 2.05) is 6.92 Å². The molecule has 0 saturated carbocycles. The van der Waals surface area contributed by atoms with E-state index in [0.29, 0.717) is 0 Å². The Morgan fingerprint density at radius 3 is 2.72 bits per heavy atom. The van der Waals surface area contributed by atoms with Gasteiger partial charge in [-0.2, -0.15) is 0 Å². The van der Waals surface area contributed by atoms with E-state index in [-0.39, 0.29) is 0 Å². The van der Waals surface area contributed by atoms with Gasteiger partial charge in [0.15, 0.2) is 0 Å². The number of benzene rings is 1. The van der Waals surface area contributed by atoms with Gasteiger partial charge in [-0.1, -0.05) is 19.1 Å². The van der Waals surface area contributed by atoms with Crippen molar-refractivity contribution in [1.29, 1.82) is 0 Å². The van der Waals surface area contributed by atoms with E-state index < -0.39 is 0 Å². The van der Waals surface area contributed by atoms with Crippen molar-refractivity contribution >= 4 is 11.6 Å². The fraction of sp³-hybridized carbons (Fsp3) is 0.400. The van der Waals surface area contributed by atoms with Gasteiger partial charge in [-0.25, -0.2) is 4.98 Å². The molecule has 0 radical (unpaired) electrons. The van der Waals surface area contributed by atoms with Crippen LogP contribution < -0.4 is 5.32 Å². The molecule has 18 heavy (non-hydrogen) atoms. The number of rotatable bonds is 4. The van der Waals surface area contributed by atoms with Gasteiger partial charge in [0.25, 0.3) is 0 Å². The lowest BCUT2D eigenvalue weighted by molar-refractivity contribution is 0.686. The van der Waals surface area contributed by atoms with E-state index >= 15 is 0 Å². The normalized spacial score (nSPS) is 10.7. The molecule has 2 rings (SSSR count). The van der Waals surface area contributed by atoms with Crippen LogP contribution in [0, 0.1) is 20.8 Å². The molecule has 0 spiro atoms. The number of anilines is 2. The number of nitrogens with one attached hydrogen (secondary N) is 1. The summed E-state index contributed by atoms with van der Waals surface area (Å²) < 4.78 is 2.18. The molecule has 0 aliphatic heterocycles. The van der Waals surface area contributed by atoms with Crippen LogP contribution in [0.4, 0.5) is 11.6 Å². The monoisotopic (exact) mass is 243 g/mol. The van der Waals surface area contributed by atoms with Gasteiger partial charge >= 0.3 is 0 Å². The van der Waals surface area contributed by atoms with Gasteiger partial charge in [0.2, 0.25) is 5.95 Å². The fourth-order valence-corrected chi connectivity index (χ4v) is 2.06. The van der Waals surface area contributed by atoms with Crippen LogP contribution in [0.15, 0.2) is 24.4 Å². The molecule has 1 heterocycles. The lowest BCUT2D eigenvalue weighted by Crippen LogP contribution is -2.04. The number of imidazole rings is 1. The zero-order valence-electron chi connectivity index (χ0n) is 11.6. The molecule has 3 heteroatoms. The second-order valence-electron chi connectivity index (χ2n) is 4.77. The summed E-state index contributed by atoms with van der Waals surface area (Å²) in [5.41, 5.74) is 4.76. The van der Waals surface area contributed by atoms with Gasteiger partial charge in [-0.15, -0.1) is 0 Å². The van der Waals surface area contributed by atoms with Crippen LogP contribution in [0.25, 0.3) is 0 Å². The molecule has 0 atom stereocenters. The quantitative estimate of drug-likeness (QED) is 0.880. The lowest BCUT2D eigenvalue weighted by atomic mass is 10.1. The molecule has 1 aromatic carbocycles. The third-order valence-corrected chi connectivity index (χ3v) is 3.21. The SMILES string of the molecule is CCCn1cc(C)nc1Nc1cccc(C)c1C. The Bertz CT molecular complexity index is 541. The van der Waals surface area contributed by atoms with Gasteiger partial charge in [0.05, 0.1) is 5.69 Å². The maximum atomic E-state index is 4.55. The number of hydrogen-bond donors (Lipinski definition) is 1. The maximum absolute atomic E-state index is 4.55. The summed E-state index contributed by atoms with van der Waals surface area (Å²) in [6.45, 7) is 9.47. The average Bonchev–Trinajstić information content (AvgIpc) is 2.66. The highest BCUT2D eigenvalue weighted by Crippen LogP contribution is 2.22. The molecule has 0 unspecified atom stereocenters. The van der Waals surface area contributed by atoms with Crippen molar-refractivity contribution in [2.45, 2.75) is 40.7 Å². The highest BCUT2D eigenvalue weighted by atomic mass is 15.2. The summed E-state index contributed by atoms with van der Waals surface area (Å²) in [6, 6.07) is 6.30. The summed E-state index contributed by atoms with van der Waals surface area (Å²) in [6.07, 6.45) is 3.20. The van der Waals surface area contributed by atoms with Gasteiger partial charge in [-0.3, -0.25) is 0 Å². The van der Waals surface area contributed by atoms with Crippen LogP contribution in [0.5, 0.6) is 0 Å². The molecule has 0 amide bonds. The first-order valence-electron chi connectivity index (χ1n) is 6.49. The number of hydrogen-bond acceptors (Lipinski definition) is 2. The Kier molecular flexibility index (Phi) is 3.70. The molecule has 0 aliphatic carbocycles. The second-order valence-corrected chi connectivity index (χ2v) is 4.77. The van der Waals surface area contributed by atoms with Gasteiger partial charge in [0.1, 0.15) is 0 Å². The highest BCUT2D eigenvalue weighted by Gasteiger charge is 2.07. The summed E-state index contributed by atoms with van der Waals surface area (Å²) in [4.78, 5) is 4.55. The van der Waals surface area contributed by atoms with Gasteiger partial charge in [0, 0.05) is 18.4 Å². The standard InChI is InChI=1S/C15H21N3/c1-5-9-18-10-12(3)16-15(18)17-14-8-6-7-11(2)13(14)4/h6-8,10H,5,9H2,1-4H3,(H,16,17). The summed E-state index contributed by atoms with van der Waals surface area (Å²) in [5, 5.41) is 3.44. The third kappa shape index (κ3) is 2.55. The van der Waals surface area contributed by atoms with Crippen molar-refractivity contribution in [3.63, 3.8) is 0 Å². The van der Waals surface area contributed by atoms with Crippen LogP contribution in [-0.4, -0.2) is 9.55 Å². The smallest absolute Gasteiger partial charge is 0.207 e. The summed E-state index contributed by atoms with van der Waals surface area (Å²) in [7, 11) is 0. The van der Waals surface area contributed by atoms with E-state index in [1.165, 1.54) is 11.1 Å². The van der Waals surface area contributed by atoms with Crippen LogP contribution in [-0.2, 0) is 6.54 Å².